The maximum absolute atomic E-state index is 13.1. The first-order chi connectivity index (χ1) is 15.6. The van der Waals surface area contributed by atoms with Crippen LogP contribution >= 0.6 is 0 Å². The predicted octanol–water partition coefficient (Wildman–Crippen LogP) is 4.20. The normalized spacial score (nSPS) is 16.7. The Labute approximate surface area is 194 Å². The maximum atomic E-state index is 13.1. The van der Waals surface area contributed by atoms with Crippen LogP contribution in [-0.2, 0) is 16.1 Å². The first-order valence-corrected chi connectivity index (χ1v) is 10.9. The Balaban J connectivity index is 1.76. The summed E-state index contributed by atoms with van der Waals surface area (Å²) in [6, 6.07) is 11.3. The highest BCUT2D eigenvalue weighted by Crippen LogP contribution is 2.26. The lowest BCUT2D eigenvalue weighted by Crippen LogP contribution is -2.45. The zero-order chi connectivity index (χ0) is 24.0. The van der Waals surface area contributed by atoms with Gasteiger partial charge < -0.3 is 14.6 Å². The molecule has 0 spiro atoms. The SMILES string of the molecule is COc1ccc(CN2CC[C@@H](N(C(=O)OC(C)(C)C)c3ccc(C=CC(=O)O)cn3)C2)cc1. The molecule has 1 saturated heterocycles. The largest absolute Gasteiger partial charge is 0.497 e. The molecule has 0 unspecified atom stereocenters. The fourth-order valence-electron chi connectivity index (χ4n) is 3.70. The molecule has 1 aliphatic heterocycles. The van der Waals surface area contributed by atoms with Crippen molar-refractivity contribution >= 4 is 24.0 Å². The summed E-state index contributed by atoms with van der Waals surface area (Å²) in [7, 11) is 1.65. The minimum absolute atomic E-state index is 0.0917. The van der Waals surface area contributed by atoms with Gasteiger partial charge in [0.15, 0.2) is 0 Å². The number of nitrogens with zero attached hydrogens (tertiary/aromatic N) is 3. The van der Waals surface area contributed by atoms with E-state index >= 15 is 0 Å². The van der Waals surface area contributed by atoms with Gasteiger partial charge in [-0.2, -0.15) is 0 Å². The van der Waals surface area contributed by atoms with Crippen LogP contribution in [0.3, 0.4) is 0 Å². The predicted molar refractivity (Wildman–Crippen MR) is 126 cm³/mol. The summed E-state index contributed by atoms with van der Waals surface area (Å²) in [5.74, 6) is 0.271. The molecule has 0 bridgehead atoms. The number of aliphatic carboxylic acids is 1. The molecular weight excluding hydrogens is 422 g/mol. The first-order valence-electron chi connectivity index (χ1n) is 10.9. The minimum atomic E-state index is -1.03. The summed E-state index contributed by atoms with van der Waals surface area (Å²) in [4.78, 5) is 32.2. The van der Waals surface area contributed by atoms with E-state index < -0.39 is 17.7 Å². The van der Waals surface area contributed by atoms with Crippen LogP contribution in [0.1, 0.15) is 38.3 Å². The van der Waals surface area contributed by atoms with E-state index in [1.807, 2.05) is 45.0 Å². The number of hydrogen-bond acceptors (Lipinski definition) is 6. The number of benzene rings is 1. The number of carbonyl (C=O) groups is 2. The number of pyridine rings is 1. The molecule has 1 amide bonds. The van der Waals surface area contributed by atoms with E-state index in [4.69, 9.17) is 14.6 Å². The first kappa shape index (κ1) is 24.3. The fourth-order valence-corrected chi connectivity index (χ4v) is 3.70. The second-order valence-electron chi connectivity index (χ2n) is 9.00. The van der Waals surface area contributed by atoms with Crippen molar-refractivity contribution < 1.29 is 24.2 Å². The molecule has 0 saturated carbocycles. The van der Waals surface area contributed by atoms with Crippen molar-refractivity contribution in [3.8, 4) is 5.75 Å². The Kier molecular flexibility index (Phi) is 7.71. The summed E-state index contributed by atoms with van der Waals surface area (Å²) < 4.78 is 10.9. The highest BCUT2D eigenvalue weighted by atomic mass is 16.6. The van der Waals surface area contributed by atoms with Crippen LogP contribution in [-0.4, -0.2) is 58.9 Å². The van der Waals surface area contributed by atoms with Gasteiger partial charge in [0, 0.05) is 31.9 Å². The number of carboxylic acids is 1. The molecule has 1 fully saturated rings. The summed E-state index contributed by atoms with van der Waals surface area (Å²) in [5, 5.41) is 8.81. The van der Waals surface area contributed by atoms with Crippen molar-refractivity contribution in [2.45, 2.75) is 45.4 Å². The van der Waals surface area contributed by atoms with Gasteiger partial charge in [-0.1, -0.05) is 12.1 Å². The van der Waals surface area contributed by atoms with Crippen molar-refractivity contribution in [3.63, 3.8) is 0 Å². The van der Waals surface area contributed by atoms with Gasteiger partial charge in [0.1, 0.15) is 17.2 Å². The third-order valence-electron chi connectivity index (χ3n) is 5.20. The standard InChI is InChI=1S/C25H31N3O5/c1-25(2,3)33-24(31)28(22-11-7-18(15-26-22)8-12-23(29)30)20-13-14-27(17-20)16-19-5-9-21(32-4)10-6-19/h5-12,15,20H,13-14,16-17H2,1-4H3,(H,29,30)/t20-/m1/s1. The van der Waals surface area contributed by atoms with Gasteiger partial charge >= 0.3 is 12.1 Å². The number of methoxy groups -OCH3 is 1. The Morgan fingerprint density at radius 2 is 1.94 bits per heavy atom. The average molecular weight is 454 g/mol. The van der Waals surface area contributed by atoms with Gasteiger partial charge in [-0.3, -0.25) is 9.80 Å². The summed E-state index contributed by atoms with van der Waals surface area (Å²) in [6.45, 7) is 7.81. The van der Waals surface area contributed by atoms with Crippen LogP contribution in [0.15, 0.2) is 48.7 Å². The number of hydrogen-bond donors (Lipinski definition) is 1. The Morgan fingerprint density at radius 1 is 1.21 bits per heavy atom. The number of carboxylic acid groups (broad SMARTS) is 1. The fraction of sp³-hybridized carbons (Fsp3) is 0.400. The van der Waals surface area contributed by atoms with Crippen molar-refractivity contribution in [3.05, 3.63) is 59.8 Å². The van der Waals surface area contributed by atoms with Crippen LogP contribution in [0.2, 0.25) is 0 Å². The Hall–Kier alpha value is -3.39. The quantitative estimate of drug-likeness (QED) is 0.628. The Morgan fingerprint density at radius 3 is 2.52 bits per heavy atom. The molecule has 1 N–H and O–H groups in total. The summed E-state index contributed by atoms with van der Waals surface area (Å²) in [6.07, 6.45) is 4.41. The third-order valence-corrected chi connectivity index (χ3v) is 5.20. The van der Waals surface area contributed by atoms with E-state index in [1.54, 1.807) is 30.3 Å². The number of anilines is 1. The number of carbonyl (C=O) groups excluding carboxylic acids is 1. The van der Waals surface area contributed by atoms with E-state index in [-0.39, 0.29) is 6.04 Å². The lowest BCUT2D eigenvalue weighted by atomic mass is 10.2. The monoisotopic (exact) mass is 453 g/mol. The zero-order valence-electron chi connectivity index (χ0n) is 19.5. The van der Waals surface area contributed by atoms with Crippen molar-refractivity contribution in [2.24, 2.45) is 0 Å². The molecule has 1 aromatic carbocycles. The lowest BCUT2D eigenvalue weighted by molar-refractivity contribution is -0.131. The maximum Gasteiger partial charge on any atom is 0.416 e. The molecular formula is C25H31N3O5. The molecule has 8 heteroatoms. The number of ether oxygens (including phenoxy) is 2. The summed E-state index contributed by atoms with van der Waals surface area (Å²) >= 11 is 0. The van der Waals surface area contributed by atoms with E-state index in [0.29, 0.717) is 17.9 Å². The smallest absolute Gasteiger partial charge is 0.416 e. The van der Waals surface area contributed by atoms with Gasteiger partial charge in [-0.25, -0.2) is 14.6 Å². The lowest BCUT2D eigenvalue weighted by Gasteiger charge is -2.31. The van der Waals surface area contributed by atoms with Gasteiger partial charge in [-0.15, -0.1) is 0 Å². The molecule has 33 heavy (non-hydrogen) atoms. The van der Waals surface area contributed by atoms with Crippen LogP contribution < -0.4 is 9.64 Å². The van der Waals surface area contributed by atoms with E-state index in [9.17, 15) is 9.59 Å². The molecule has 176 valence electrons. The Bertz CT molecular complexity index is 981. The molecule has 0 radical (unpaired) electrons. The van der Waals surface area contributed by atoms with E-state index in [2.05, 4.69) is 9.88 Å². The van der Waals surface area contributed by atoms with Gasteiger partial charge in [0.05, 0.1) is 13.2 Å². The van der Waals surface area contributed by atoms with E-state index in [0.717, 1.165) is 31.3 Å². The molecule has 2 heterocycles. The number of amides is 1. The summed E-state index contributed by atoms with van der Waals surface area (Å²) in [5.41, 5.74) is 1.17. The van der Waals surface area contributed by atoms with Crippen molar-refractivity contribution in [1.29, 1.82) is 0 Å². The number of aromatic nitrogens is 1. The molecule has 0 aliphatic carbocycles. The minimum Gasteiger partial charge on any atom is -0.497 e. The molecule has 8 nitrogen and oxygen atoms in total. The molecule has 1 aromatic heterocycles. The van der Waals surface area contributed by atoms with Gasteiger partial charge in [0.25, 0.3) is 0 Å². The molecule has 1 aliphatic rings. The molecule has 2 aromatic rings. The topological polar surface area (TPSA) is 92.2 Å². The van der Waals surface area contributed by atoms with Crippen LogP contribution in [0.5, 0.6) is 5.75 Å². The highest BCUT2D eigenvalue weighted by Gasteiger charge is 2.35. The number of rotatable bonds is 7. The second kappa shape index (κ2) is 10.5. The van der Waals surface area contributed by atoms with Crippen molar-refractivity contribution in [1.82, 2.24) is 9.88 Å². The average Bonchev–Trinajstić information content (AvgIpc) is 3.20. The number of likely N-dealkylation sites (tertiary alicyclic amines) is 1. The van der Waals surface area contributed by atoms with Gasteiger partial charge in [0.2, 0.25) is 0 Å². The zero-order valence-corrected chi connectivity index (χ0v) is 19.5. The van der Waals surface area contributed by atoms with Crippen LogP contribution in [0, 0.1) is 0 Å². The molecule has 1 atom stereocenters. The third kappa shape index (κ3) is 7.05. The second-order valence-corrected chi connectivity index (χ2v) is 9.00. The molecule has 3 rings (SSSR count). The van der Waals surface area contributed by atoms with E-state index in [1.165, 1.54) is 11.6 Å². The highest BCUT2D eigenvalue weighted by molar-refractivity contribution is 5.88. The van der Waals surface area contributed by atoms with Crippen LogP contribution in [0.25, 0.3) is 6.08 Å². The van der Waals surface area contributed by atoms with Crippen LogP contribution in [0.4, 0.5) is 10.6 Å². The van der Waals surface area contributed by atoms with Crippen molar-refractivity contribution in [2.75, 3.05) is 25.1 Å². The van der Waals surface area contributed by atoms with Gasteiger partial charge in [-0.05, 0) is 68.7 Å².